The average molecular weight is 319 g/mol. The van der Waals surface area contributed by atoms with Crippen LogP contribution < -0.4 is 10.6 Å². The topological polar surface area (TPSA) is 115 Å². The molecule has 0 aliphatic heterocycles. The fourth-order valence-electron chi connectivity index (χ4n) is 1.88. The highest BCUT2D eigenvalue weighted by Gasteiger charge is 2.20. The second-order valence-electron chi connectivity index (χ2n) is 4.73. The van der Waals surface area contributed by atoms with E-state index in [1.807, 2.05) is 6.92 Å². The number of ether oxygens (including phenoxy) is 1. The van der Waals surface area contributed by atoms with Gasteiger partial charge in [-0.25, -0.2) is 19.1 Å². The first-order valence-electron chi connectivity index (χ1n) is 7.07. The van der Waals surface area contributed by atoms with Gasteiger partial charge in [-0.3, -0.25) is 10.1 Å². The molecule has 9 heteroatoms. The Bertz CT molecular complexity index is 740. The van der Waals surface area contributed by atoms with Gasteiger partial charge in [-0.05, 0) is 19.4 Å². The van der Waals surface area contributed by atoms with Crippen LogP contribution in [-0.2, 0) is 9.53 Å². The summed E-state index contributed by atoms with van der Waals surface area (Å²) < 4.78 is 6.37. The molecule has 2 heterocycles. The monoisotopic (exact) mass is 319 g/mol. The number of amides is 3. The predicted molar refractivity (Wildman–Crippen MR) is 79.8 cm³/mol. The van der Waals surface area contributed by atoms with Crippen molar-refractivity contribution >= 4 is 23.6 Å². The Hall–Kier alpha value is -2.97. The molecule has 0 spiro atoms. The molecular formula is C14H17N5O4. The van der Waals surface area contributed by atoms with Crippen LogP contribution in [0.5, 0.6) is 0 Å². The first-order valence-corrected chi connectivity index (χ1v) is 7.07. The molecule has 2 aromatic heterocycles. The Labute approximate surface area is 132 Å². The van der Waals surface area contributed by atoms with Gasteiger partial charge in [-0.1, -0.05) is 6.92 Å². The molecule has 0 aromatic carbocycles. The van der Waals surface area contributed by atoms with E-state index in [-0.39, 0.29) is 5.56 Å². The summed E-state index contributed by atoms with van der Waals surface area (Å²) >= 11 is 0. The molecule has 0 aliphatic rings. The number of imide groups is 1. The lowest BCUT2D eigenvalue weighted by molar-refractivity contribution is -0.123. The summed E-state index contributed by atoms with van der Waals surface area (Å²) in [6.07, 6.45) is 3.92. The van der Waals surface area contributed by atoms with Crippen molar-refractivity contribution in [1.82, 2.24) is 25.2 Å². The zero-order valence-electron chi connectivity index (χ0n) is 12.8. The summed E-state index contributed by atoms with van der Waals surface area (Å²) in [6.45, 7) is 3.41. The lowest BCUT2D eigenvalue weighted by atomic mass is 10.2. The van der Waals surface area contributed by atoms with Crippen molar-refractivity contribution in [2.75, 3.05) is 13.2 Å². The Morgan fingerprint density at radius 1 is 1.35 bits per heavy atom. The Morgan fingerprint density at radius 2 is 2.13 bits per heavy atom. The van der Waals surface area contributed by atoms with E-state index >= 15 is 0 Å². The standard InChI is InChI=1S/C14H17N5O4/c1-3-5-16-14(22)17-10(20)8-23-13(21)11-9(2)18-19-7-4-6-15-12(11)19/h4,6-7H,3,5,8H2,1-2H3,(H2,16,17,20,22). The minimum Gasteiger partial charge on any atom is -0.452 e. The summed E-state index contributed by atoms with van der Waals surface area (Å²) in [5, 5.41) is 8.67. The van der Waals surface area contributed by atoms with E-state index in [9.17, 15) is 14.4 Å². The number of esters is 1. The number of urea groups is 1. The lowest BCUT2D eigenvalue weighted by Gasteiger charge is -2.06. The number of carbonyl (C=O) groups excluding carboxylic acids is 3. The first kappa shape index (κ1) is 16.4. The van der Waals surface area contributed by atoms with E-state index in [0.717, 1.165) is 6.42 Å². The van der Waals surface area contributed by atoms with Crippen LogP contribution in [0.4, 0.5) is 4.79 Å². The molecule has 0 saturated carbocycles. The summed E-state index contributed by atoms with van der Waals surface area (Å²) in [6, 6.07) is 1.05. The molecule has 0 radical (unpaired) electrons. The largest absolute Gasteiger partial charge is 0.452 e. The summed E-state index contributed by atoms with van der Waals surface area (Å²) in [5.41, 5.74) is 0.972. The number of hydrogen-bond donors (Lipinski definition) is 2. The zero-order chi connectivity index (χ0) is 16.8. The van der Waals surface area contributed by atoms with Gasteiger partial charge < -0.3 is 10.1 Å². The van der Waals surface area contributed by atoms with Crippen LogP contribution in [0.2, 0.25) is 0 Å². The van der Waals surface area contributed by atoms with Gasteiger partial charge in [0, 0.05) is 18.9 Å². The Morgan fingerprint density at radius 3 is 2.87 bits per heavy atom. The minimum absolute atomic E-state index is 0.189. The predicted octanol–water partition coefficient (Wildman–Crippen LogP) is 0.430. The van der Waals surface area contributed by atoms with Gasteiger partial charge in [-0.2, -0.15) is 5.10 Å². The van der Waals surface area contributed by atoms with Crippen LogP contribution in [0.15, 0.2) is 18.5 Å². The number of aromatic nitrogens is 3. The number of rotatable bonds is 5. The summed E-state index contributed by atoms with van der Waals surface area (Å²) in [4.78, 5) is 39.0. The van der Waals surface area contributed by atoms with E-state index in [1.165, 1.54) is 10.7 Å². The zero-order valence-corrected chi connectivity index (χ0v) is 12.8. The van der Waals surface area contributed by atoms with E-state index < -0.39 is 24.5 Å². The molecule has 0 fully saturated rings. The molecule has 9 nitrogen and oxygen atoms in total. The molecule has 0 atom stereocenters. The van der Waals surface area contributed by atoms with Gasteiger partial charge in [0.05, 0.1) is 5.69 Å². The van der Waals surface area contributed by atoms with Crippen molar-refractivity contribution in [3.8, 4) is 0 Å². The molecule has 0 bridgehead atoms. The van der Waals surface area contributed by atoms with Crippen LogP contribution in [0.1, 0.15) is 29.4 Å². The fraction of sp³-hybridized carbons (Fsp3) is 0.357. The SMILES string of the molecule is CCCNC(=O)NC(=O)COC(=O)c1c(C)nn2cccnc12. The normalized spacial score (nSPS) is 10.3. The van der Waals surface area contributed by atoms with Gasteiger partial charge in [0.1, 0.15) is 5.56 Å². The maximum atomic E-state index is 12.1. The van der Waals surface area contributed by atoms with Crippen LogP contribution in [0.3, 0.4) is 0 Å². The highest BCUT2D eigenvalue weighted by molar-refractivity contribution is 5.99. The van der Waals surface area contributed by atoms with E-state index in [2.05, 4.69) is 20.7 Å². The molecule has 2 N–H and O–H groups in total. The van der Waals surface area contributed by atoms with Crippen molar-refractivity contribution in [3.05, 3.63) is 29.7 Å². The summed E-state index contributed by atoms with van der Waals surface area (Å²) in [7, 11) is 0. The Balaban J connectivity index is 1.95. The second kappa shape index (κ2) is 7.34. The third kappa shape index (κ3) is 4.02. The highest BCUT2D eigenvalue weighted by atomic mass is 16.5. The summed E-state index contributed by atoms with van der Waals surface area (Å²) in [5.74, 6) is -1.44. The number of aryl methyl sites for hydroxylation is 1. The highest BCUT2D eigenvalue weighted by Crippen LogP contribution is 2.13. The van der Waals surface area contributed by atoms with Crippen molar-refractivity contribution in [2.24, 2.45) is 0 Å². The molecule has 2 rings (SSSR count). The quantitative estimate of drug-likeness (QED) is 0.772. The van der Waals surface area contributed by atoms with Crippen LogP contribution >= 0.6 is 0 Å². The minimum atomic E-state index is -0.722. The third-order valence-corrected chi connectivity index (χ3v) is 2.90. The van der Waals surface area contributed by atoms with E-state index in [4.69, 9.17) is 4.74 Å². The van der Waals surface area contributed by atoms with Crippen LogP contribution in [0.25, 0.3) is 5.65 Å². The van der Waals surface area contributed by atoms with Gasteiger partial charge in [-0.15, -0.1) is 0 Å². The maximum absolute atomic E-state index is 12.1. The van der Waals surface area contributed by atoms with Crippen molar-refractivity contribution in [3.63, 3.8) is 0 Å². The van der Waals surface area contributed by atoms with E-state index in [1.54, 1.807) is 19.2 Å². The number of nitrogens with zero attached hydrogens (tertiary/aromatic N) is 3. The average Bonchev–Trinajstić information content (AvgIpc) is 2.86. The van der Waals surface area contributed by atoms with Crippen molar-refractivity contribution in [2.45, 2.75) is 20.3 Å². The third-order valence-electron chi connectivity index (χ3n) is 2.90. The van der Waals surface area contributed by atoms with E-state index in [0.29, 0.717) is 17.9 Å². The molecule has 23 heavy (non-hydrogen) atoms. The lowest BCUT2D eigenvalue weighted by Crippen LogP contribution is -2.41. The van der Waals surface area contributed by atoms with Crippen LogP contribution in [0, 0.1) is 6.92 Å². The van der Waals surface area contributed by atoms with Crippen molar-refractivity contribution in [1.29, 1.82) is 0 Å². The molecule has 2 aromatic rings. The molecule has 3 amide bonds. The number of carbonyl (C=O) groups is 3. The number of fused-ring (bicyclic) bond motifs is 1. The Kier molecular flexibility index (Phi) is 5.23. The maximum Gasteiger partial charge on any atom is 0.344 e. The van der Waals surface area contributed by atoms with Crippen molar-refractivity contribution < 1.29 is 19.1 Å². The van der Waals surface area contributed by atoms with Gasteiger partial charge in [0.25, 0.3) is 5.91 Å². The van der Waals surface area contributed by atoms with Gasteiger partial charge in [0.2, 0.25) is 0 Å². The smallest absolute Gasteiger partial charge is 0.344 e. The second-order valence-corrected chi connectivity index (χ2v) is 4.73. The molecular weight excluding hydrogens is 302 g/mol. The fourth-order valence-corrected chi connectivity index (χ4v) is 1.88. The first-order chi connectivity index (χ1) is 11.0. The molecule has 0 aliphatic carbocycles. The number of nitrogens with one attached hydrogen (secondary N) is 2. The molecule has 0 unspecified atom stereocenters. The number of hydrogen-bond acceptors (Lipinski definition) is 6. The molecule has 0 saturated heterocycles. The van der Waals surface area contributed by atoms with Crippen LogP contribution in [-0.4, -0.2) is 45.7 Å². The molecule has 122 valence electrons. The van der Waals surface area contributed by atoms with Gasteiger partial charge in [0.15, 0.2) is 12.3 Å². The van der Waals surface area contributed by atoms with Gasteiger partial charge >= 0.3 is 12.0 Å².